The fraction of sp³-hybridized carbons (Fsp3) is 0.917. The molecule has 0 aliphatic rings. The molecule has 0 heterocycles. The van der Waals surface area contributed by atoms with Crippen molar-refractivity contribution in [2.45, 2.75) is 59.3 Å². The van der Waals surface area contributed by atoms with E-state index in [0.29, 0.717) is 33.0 Å². The molecular formula is C24H54O11S2. The first-order chi connectivity index (χ1) is 17.8. The van der Waals surface area contributed by atoms with Gasteiger partial charge in [-0.3, -0.25) is 9.59 Å². The van der Waals surface area contributed by atoms with E-state index in [1.165, 1.54) is 25.7 Å². The number of unbranched alkanes of at least 4 members (excludes halogenated alkanes) is 3. The van der Waals surface area contributed by atoms with Gasteiger partial charge in [-0.1, -0.05) is 40.0 Å². The normalized spacial score (nSPS) is 9.30. The molecule has 0 radical (unpaired) electrons. The Morgan fingerprint density at radius 2 is 0.757 bits per heavy atom. The number of aliphatic hydroxyl groups is 3. The van der Waals surface area contributed by atoms with E-state index in [1.807, 2.05) is 0 Å². The van der Waals surface area contributed by atoms with Crippen LogP contribution in [0.15, 0.2) is 0 Å². The molecule has 0 atom stereocenters. The van der Waals surface area contributed by atoms with Crippen LogP contribution in [0.5, 0.6) is 0 Å². The summed E-state index contributed by atoms with van der Waals surface area (Å²) in [7, 11) is 0. The molecular weight excluding hydrogens is 528 g/mol. The molecule has 13 heteroatoms. The molecule has 37 heavy (non-hydrogen) atoms. The number of ether oxygens (including phenoxy) is 4. The molecule has 0 aromatic carbocycles. The number of aliphatic hydroxyl groups excluding tert-OH is 3. The zero-order chi connectivity index (χ0) is 29.4. The van der Waals surface area contributed by atoms with Crippen molar-refractivity contribution in [2.75, 3.05) is 84.2 Å². The van der Waals surface area contributed by atoms with E-state index in [9.17, 15) is 9.59 Å². The maximum atomic E-state index is 9.29. The minimum Gasteiger partial charge on any atom is -0.481 e. The number of hydrogen-bond acceptors (Lipinski definition) is 11. The van der Waals surface area contributed by atoms with E-state index < -0.39 is 11.9 Å². The third-order valence-electron chi connectivity index (χ3n) is 3.28. The molecule has 0 rings (SSSR count). The fourth-order valence-electron chi connectivity index (χ4n) is 1.45. The number of hydrogen-bond donors (Lipinski definition) is 7. The van der Waals surface area contributed by atoms with E-state index in [2.05, 4.69) is 46.0 Å². The van der Waals surface area contributed by atoms with Crippen LogP contribution in [0.1, 0.15) is 59.3 Å². The van der Waals surface area contributed by atoms with Gasteiger partial charge >= 0.3 is 11.9 Å². The Hall–Kier alpha value is -0.640. The van der Waals surface area contributed by atoms with Gasteiger partial charge in [-0.25, -0.2) is 0 Å². The summed E-state index contributed by atoms with van der Waals surface area (Å²) in [6.45, 7) is 11.8. The van der Waals surface area contributed by atoms with Crippen LogP contribution in [-0.2, 0) is 28.5 Å². The lowest BCUT2D eigenvalue weighted by molar-refractivity contribution is -0.134. The molecule has 5 N–H and O–H groups in total. The molecule has 0 aliphatic heterocycles. The summed E-state index contributed by atoms with van der Waals surface area (Å²) in [5.41, 5.74) is 0. The first-order valence-corrected chi connectivity index (χ1v) is 13.8. The number of thiol groups is 2. The van der Waals surface area contributed by atoms with Crippen LogP contribution in [0.25, 0.3) is 0 Å². The van der Waals surface area contributed by atoms with Crippen LogP contribution in [0.2, 0.25) is 0 Å². The third kappa shape index (κ3) is 86.3. The molecule has 0 spiro atoms. The molecule has 0 saturated heterocycles. The summed E-state index contributed by atoms with van der Waals surface area (Å²) in [5, 5.41) is 38.9. The Labute approximate surface area is 234 Å². The molecule has 0 amide bonds. The molecule has 0 aliphatic carbocycles. The summed E-state index contributed by atoms with van der Waals surface area (Å²) in [5.74, 6) is -1.93. The van der Waals surface area contributed by atoms with Gasteiger partial charge in [-0.15, -0.1) is 0 Å². The van der Waals surface area contributed by atoms with Crippen molar-refractivity contribution in [1.82, 2.24) is 0 Å². The molecule has 0 fully saturated rings. The quantitative estimate of drug-likeness (QED) is 0.0830. The zero-order valence-electron chi connectivity index (χ0n) is 23.0. The average Bonchev–Trinajstić information content (AvgIpc) is 2.91. The highest BCUT2D eigenvalue weighted by molar-refractivity contribution is 7.81. The van der Waals surface area contributed by atoms with Crippen LogP contribution >= 0.6 is 25.3 Å². The largest absolute Gasteiger partial charge is 0.481 e. The van der Waals surface area contributed by atoms with Gasteiger partial charge in [0.1, 0.15) is 0 Å². The van der Waals surface area contributed by atoms with Gasteiger partial charge in [0, 0.05) is 19.8 Å². The summed E-state index contributed by atoms with van der Waals surface area (Å²) in [6, 6.07) is 0. The molecule has 0 bridgehead atoms. The second-order valence-corrected chi connectivity index (χ2v) is 7.42. The molecule has 0 unspecified atom stereocenters. The van der Waals surface area contributed by atoms with E-state index >= 15 is 0 Å². The highest BCUT2D eigenvalue weighted by atomic mass is 32.1. The van der Waals surface area contributed by atoms with Gasteiger partial charge < -0.3 is 44.5 Å². The molecule has 0 aromatic heterocycles. The van der Waals surface area contributed by atoms with Gasteiger partial charge in [0.05, 0.1) is 64.4 Å². The van der Waals surface area contributed by atoms with Crippen LogP contribution in [-0.4, -0.2) is 122 Å². The van der Waals surface area contributed by atoms with E-state index in [4.69, 9.17) is 44.5 Å². The lowest BCUT2D eigenvalue weighted by Gasteiger charge is -2.05. The Balaban J connectivity index is -0.000000127. The lowest BCUT2D eigenvalue weighted by Crippen LogP contribution is -2.11. The predicted molar refractivity (Wildman–Crippen MR) is 152 cm³/mol. The van der Waals surface area contributed by atoms with Crippen molar-refractivity contribution < 1.29 is 54.1 Å². The Bertz CT molecular complexity index is 360. The van der Waals surface area contributed by atoms with Crippen LogP contribution in [0.4, 0.5) is 0 Å². The fourth-order valence-corrected chi connectivity index (χ4v) is 1.45. The van der Waals surface area contributed by atoms with Gasteiger partial charge in [-0.05, 0) is 19.3 Å². The van der Waals surface area contributed by atoms with Gasteiger partial charge in [0.25, 0.3) is 0 Å². The first-order valence-electron chi connectivity index (χ1n) is 12.6. The topological polar surface area (TPSA) is 172 Å². The van der Waals surface area contributed by atoms with E-state index in [1.54, 1.807) is 0 Å². The second-order valence-electron chi connectivity index (χ2n) is 6.78. The number of aliphatic carboxylic acids is 2. The van der Waals surface area contributed by atoms with Crippen molar-refractivity contribution in [2.24, 2.45) is 0 Å². The molecule has 228 valence electrons. The zero-order valence-corrected chi connectivity index (χ0v) is 24.8. The second kappa shape index (κ2) is 51.9. The maximum Gasteiger partial charge on any atom is 0.313 e. The van der Waals surface area contributed by atoms with Crippen LogP contribution < -0.4 is 0 Å². The monoisotopic (exact) mass is 582 g/mol. The highest BCUT2D eigenvalue weighted by Crippen LogP contribution is 1.91. The average molecular weight is 583 g/mol. The maximum absolute atomic E-state index is 9.29. The highest BCUT2D eigenvalue weighted by Gasteiger charge is 1.90. The summed E-state index contributed by atoms with van der Waals surface area (Å²) < 4.78 is 20.9. The third-order valence-corrected chi connectivity index (χ3v) is 3.82. The lowest BCUT2D eigenvalue weighted by atomic mass is 10.3. The number of carboxylic acids is 2. The Morgan fingerprint density at radius 3 is 0.973 bits per heavy atom. The smallest absolute Gasteiger partial charge is 0.313 e. The first kappa shape index (κ1) is 46.2. The van der Waals surface area contributed by atoms with Crippen molar-refractivity contribution >= 4 is 37.2 Å². The summed E-state index contributed by atoms with van der Waals surface area (Å²) >= 11 is 6.83. The minimum absolute atomic E-state index is 0.0696. The molecule has 11 nitrogen and oxygen atoms in total. The van der Waals surface area contributed by atoms with Crippen molar-refractivity contribution in [3.8, 4) is 0 Å². The SMILES string of the molecule is CCCCOCCCC.CCCCOCCOCCOCCO.O=C(O)CS.O=C(O)CS.OCCO. The molecule has 0 saturated carbocycles. The van der Waals surface area contributed by atoms with Crippen molar-refractivity contribution in [3.63, 3.8) is 0 Å². The van der Waals surface area contributed by atoms with Crippen molar-refractivity contribution in [3.05, 3.63) is 0 Å². The number of carbonyl (C=O) groups is 2. The molecule has 0 aromatic rings. The van der Waals surface area contributed by atoms with Gasteiger partial charge in [0.15, 0.2) is 0 Å². The Morgan fingerprint density at radius 1 is 0.514 bits per heavy atom. The minimum atomic E-state index is -0.881. The van der Waals surface area contributed by atoms with Gasteiger partial charge in [-0.2, -0.15) is 25.3 Å². The van der Waals surface area contributed by atoms with Crippen LogP contribution in [0, 0.1) is 0 Å². The van der Waals surface area contributed by atoms with Crippen LogP contribution in [0.3, 0.4) is 0 Å². The van der Waals surface area contributed by atoms with Crippen molar-refractivity contribution in [1.29, 1.82) is 0 Å². The van der Waals surface area contributed by atoms with E-state index in [-0.39, 0.29) is 31.3 Å². The standard InChI is InChI=1S/C10H22O4.C8H18O.2C2H4O2S.C2H6O2/c1-2-3-5-12-7-9-14-10-8-13-6-4-11;1-3-5-7-9-8-6-4-2;2*3-2(4)1-5;3-1-2-4/h11H,2-10H2,1H3;3-8H2,1-2H3;2*5H,1H2,(H,3,4);3-4H,1-2H2. The summed E-state index contributed by atoms with van der Waals surface area (Å²) in [6.07, 6.45) is 7.18. The van der Waals surface area contributed by atoms with Gasteiger partial charge in [0.2, 0.25) is 0 Å². The Kier molecular flexibility index (Phi) is 64.8. The number of rotatable bonds is 20. The predicted octanol–water partition coefficient (Wildman–Crippen LogP) is 2.40. The summed E-state index contributed by atoms with van der Waals surface area (Å²) in [4.78, 5) is 18.6. The number of carboxylic acid groups (broad SMARTS) is 2. The van der Waals surface area contributed by atoms with E-state index in [0.717, 1.165) is 32.7 Å².